The van der Waals surface area contributed by atoms with Gasteiger partial charge in [0.15, 0.2) is 6.23 Å². The number of ether oxygens (including phenoxy) is 1. The molecule has 0 aliphatic heterocycles. The molecule has 0 spiro atoms. The zero-order chi connectivity index (χ0) is 15.1. The Bertz CT molecular complexity index is 466. The molecule has 4 heteroatoms. The van der Waals surface area contributed by atoms with E-state index in [2.05, 4.69) is 32.9 Å². The molecule has 1 aromatic rings. The first-order valence-electron chi connectivity index (χ1n) is 6.94. The molecule has 4 nitrogen and oxygen atoms in total. The Morgan fingerprint density at radius 2 is 2.00 bits per heavy atom. The van der Waals surface area contributed by atoms with Crippen LogP contribution in [-0.2, 0) is 9.57 Å². The lowest BCUT2D eigenvalue weighted by atomic mass is 9.96. The molecule has 0 aliphatic rings. The van der Waals surface area contributed by atoms with Crippen LogP contribution in [-0.4, -0.2) is 19.9 Å². The van der Waals surface area contributed by atoms with Crippen LogP contribution in [0.4, 0.5) is 5.69 Å². The van der Waals surface area contributed by atoms with Crippen molar-refractivity contribution in [1.29, 1.82) is 5.26 Å². The first-order valence-corrected chi connectivity index (χ1v) is 6.94. The quantitative estimate of drug-likeness (QED) is 0.432. The molecule has 0 heterocycles. The van der Waals surface area contributed by atoms with Gasteiger partial charge in [0, 0.05) is 7.11 Å². The van der Waals surface area contributed by atoms with Crippen LogP contribution in [0.2, 0.25) is 0 Å². The Labute approximate surface area is 121 Å². The topological polar surface area (TPSA) is 45.5 Å². The lowest BCUT2D eigenvalue weighted by Gasteiger charge is -2.31. The number of hydrogen-bond acceptors (Lipinski definition) is 4. The fourth-order valence-corrected chi connectivity index (χ4v) is 2.26. The number of anilines is 1. The normalized spacial score (nSPS) is 12.2. The number of hydroxylamine groups is 1. The summed E-state index contributed by atoms with van der Waals surface area (Å²) in [6.45, 7) is 8.71. The van der Waals surface area contributed by atoms with Gasteiger partial charge in [-0.3, -0.25) is 4.84 Å². The largest absolute Gasteiger partial charge is 0.360 e. The SMILES string of the molecule is COC(C)N(OCCC#N)c1cccc(C)c1C(C)C. The summed E-state index contributed by atoms with van der Waals surface area (Å²) in [5.41, 5.74) is 3.48. The van der Waals surface area contributed by atoms with Crippen molar-refractivity contribution in [1.82, 2.24) is 0 Å². The van der Waals surface area contributed by atoms with Gasteiger partial charge in [-0.2, -0.15) is 5.26 Å². The highest BCUT2D eigenvalue weighted by molar-refractivity contribution is 5.56. The molecule has 0 saturated heterocycles. The van der Waals surface area contributed by atoms with Gasteiger partial charge in [0.2, 0.25) is 0 Å². The number of nitrogens with zero attached hydrogens (tertiary/aromatic N) is 2. The van der Waals surface area contributed by atoms with Gasteiger partial charge in [0.1, 0.15) is 0 Å². The molecule has 0 radical (unpaired) electrons. The Morgan fingerprint density at radius 1 is 1.30 bits per heavy atom. The van der Waals surface area contributed by atoms with Gasteiger partial charge >= 0.3 is 0 Å². The molecular formula is C16H24N2O2. The molecule has 20 heavy (non-hydrogen) atoms. The van der Waals surface area contributed by atoms with Gasteiger partial charge < -0.3 is 4.74 Å². The standard InChI is InChI=1S/C16H24N2O2/c1-12(2)16-13(3)8-6-9-15(16)18(14(4)19-5)20-11-7-10-17/h6,8-9,12,14H,7,11H2,1-5H3. The number of aryl methyl sites for hydroxylation is 1. The average Bonchev–Trinajstić information content (AvgIpc) is 2.42. The van der Waals surface area contributed by atoms with E-state index in [0.717, 1.165) is 5.69 Å². The first kappa shape index (κ1) is 16.5. The summed E-state index contributed by atoms with van der Waals surface area (Å²) in [4.78, 5) is 5.75. The van der Waals surface area contributed by atoms with Crippen LogP contribution in [0.25, 0.3) is 0 Å². The third-order valence-corrected chi connectivity index (χ3v) is 3.23. The molecule has 0 aliphatic carbocycles. The highest BCUT2D eigenvalue weighted by Gasteiger charge is 2.20. The van der Waals surface area contributed by atoms with E-state index in [1.807, 2.05) is 19.1 Å². The summed E-state index contributed by atoms with van der Waals surface area (Å²) in [6, 6.07) is 8.23. The minimum absolute atomic E-state index is 0.215. The summed E-state index contributed by atoms with van der Waals surface area (Å²) < 4.78 is 5.39. The smallest absolute Gasteiger partial charge is 0.151 e. The van der Waals surface area contributed by atoms with Gasteiger partial charge in [0.05, 0.1) is 24.8 Å². The van der Waals surface area contributed by atoms with Crippen LogP contribution in [0.5, 0.6) is 0 Å². The highest BCUT2D eigenvalue weighted by Crippen LogP contribution is 2.32. The summed E-state index contributed by atoms with van der Waals surface area (Å²) >= 11 is 0. The zero-order valence-corrected chi connectivity index (χ0v) is 13.0. The summed E-state index contributed by atoms with van der Waals surface area (Å²) in [5.74, 6) is 0.386. The molecule has 1 unspecified atom stereocenters. The average molecular weight is 276 g/mol. The van der Waals surface area contributed by atoms with E-state index in [9.17, 15) is 0 Å². The molecule has 0 amide bonds. The summed E-state index contributed by atoms with van der Waals surface area (Å²) in [7, 11) is 1.65. The molecule has 0 fully saturated rings. The van der Waals surface area contributed by atoms with E-state index in [0.29, 0.717) is 18.9 Å². The first-order chi connectivity index (χ1) is 9.52. The third kappa shape index (κ3) is 3.96. The van der Waals surface area contributed by atoms with E-state index in [4.69, 9.17) is 14.8 Å². The summed E-state index contributed by atoms with van der Waals surface area (Å²) in [5, 5.41) is 10.4. The zero-order valence-electron chi connectivity index (χ0n) is 13.0. The van der Waals surface area contributed by atoms with Crippen molar-refractivity contribution in [3.63, 3.8) is 0 Å². The fraction of sp³-hybridized carbons (Fsp3) is 0.562. The number of benzene rings is 1. The van der Waals surface area contributed by atoms with Gasteiger partial charge in [-0.15, -0.1) is 0 Å². The minimum atomic E-state index is -0.215. The predicted octanol–water partition coefficient (Wildman–Crippen LogP) is 3.76. The number of hydrogen-bond donors (Lipinski definition) is 0. The maximum absolute atomic E-state index is 8.65. The second kappa shape index (κ2) is 7.88. The number of nitriles is 1. The Hall–Kier alpha value is -1.57. The van der Waals surface area contributed by atoms with Crippen molar-refractivity contribution < 1.29 is 9.57 Å². The van der Waals surface area contributed by atoms with Crippen LogP contribution >= 0.6 is 0 Å². The molecule has 0 saturated carbocycles. The second-order valence-corrected chi connectivity index (χ2v) is 5.06. The second-order valence-electron chi connectivity index (χ2n) is 5.06. The number of methoxy groups -OCH3 is 1. The van der Waals surface area contributed by atoms with Crippen LogP contribution in [0.3, 0.4) is 0 Å². The third-order valence-electron chi connectivity index (χ3n) is 3.23. The van der Waals surface area contributed by atoms with E-state index in [1.165, 1.54) is 11.1 Å². The monoisotopic (exact) mass is 276 g/mol. The van der Waals surface area contributed by atoms with Crippen LogP contribution < -0.4 is 5.06 Å². The lowest BCUT2D eigenvalue weighted by molar-refractivity contribution is -0.00594. The van der Waals surface area contributed by atoms with E-state index in [1.54, 1.807) is 12.2 Å². The van der Waals surface area contributed by atoms with Gasteiger partial charge in [-0.25, -0.2) is 5.06 Å². The Morgan fingerprint density at radius 3 is 2.55 bits per heavy atom. The van der Waals surface area contributed by atoms with Crippen molar-refractivity contribution in [3.8, 4) is 6.07 Å². The van der Waals surface area contributed by atoms with Gasteiger partial charge in [-0.05, 0) is 37.0 Å². The van der Waals surface area contributed by atoms with Crippen molar-refractivity contribution in [3.05, 3.63) is 29.3 Å². The Kier molecular flexibility index (Phi) is 6.50. The maximum Gasteiger partial charge on any atom is 0.151 e. The van der Waals surface area contributed by atoms with Crippen molar-refractivity contribution in [2.75, 3.05) is 18.8 Å². The molecule has 1 atom stereocenters. The molecule has 0 bridgehead atoms. The highest BCUT2D eigenvalue weighted by atomic mass is 16.7. The fourth-order valence-electron chi connectivity index (χ4n) is 2.26. The molecule has 0 N–H and O–H groups in total. The van der Waals surface area contributed by atoms with E-state index < -0.39 is 0 Å². The van der Waals surface area contributed by atoms with Crippen LogP contribution in [0.1, 0.15) is 44.2 Å². The lowest BCUT2D eigenvalue weighted by Crippen LogP contribution is -2.35. The van der Waals surface area contributed by atoms with Crippen LogP contribution in [0.15, 0.2) is 18.2 Å². The molecule has 1 rings (SSSR count). The predicted molar refractivity (Wildman–Crippen MR) is 80.4 cm³/mol. The molecule has 1 aromatic carbocycles. The van der Waals surface area contributed by atoms with Crippen molar-refractivity contribution in [2.45, 2.75) is 46.3 Å². The minimum Gasteiger partial charge on any atom is -0.360 e. The summed E-state index contributed by atoms with van der Waals surface area (Å²) in [6.07, 6.45) is 0.142. The van der Waals surface area contributed by atoms with Crippen LogP contribution in [0, 0.1) is 18.3 Å². The maximum atomic E-state index is 8.65. The Balaban J connectivity index is 3.13. The van der Waals surface area contributed by atoms with E-state index in [-0.39, 0.29) is 6.23 Å². The van der Waals surface area contributed by atoms with Gasteiger partial charge in [-0.1, -0.05) is 26.0 Å². The number of rotatable bonds is 7. The molecule has 110 valence electrons. The molecular weight excluding hydrogens is 252 g/mol. The van der Waals surface area contributed by atoms with Crippen molar-refractivity contribution in [2.24, 2.45) is 0 Å². The molecule has 0 aromatic heterocycles. The van der Waals surface area contributed by atoms with Crippen molar-refractivity contribution >= 4 is 5.69 Å². The van der Waals surface area contributed by atoms with Gasteiger partial charge in [0.25, 0.3) is 0 Å². The van der Waals surface area contributed by atoms with E-state index >= 15 is 0 Å².